The predicted octanol–water partition coefficient (Wildman–Crippen LogP) is 2.71. The summed E-state index contributed by atoms with van der Waals surface area (Å²) in [6, 6.07) is 10.8. The van der Waals surface area contributed by atoms with Crippen molar-refractivity contribution in [3.8, 4) is 6.07 Å². The third kappa shape index (κ3) is 3.48. The molecule has 0 spiro atoms. The molecule has 3 nitrogen and oxygen atoms in total. The van der Waals surface area contributed by atoms with Crippen molar-refractivity contribution in [1.82, 2.24) is 0 Å². The van der Waals surface area contributed by atoms with Gasteiger partial charge in [0.2, 0.25) is 0 Å². The van der Waals surface area contributed by atoms with Gasteiger partial charge in [-0.25, -0.2) is 0 Å². The third-order valence-electron chi connectivity index (χ3n) is 3.81. The van der Waals surface area contributed by atoms with Crippen LogP contribution >= 0.6 is 0 Å². The van der Waals surface area contributed by atoms with Gasteiger partial charge in [-0.15, -0.1) is 0 Å². The lowest BCUT2D eigenvalue weighted by Crippen LogP contribution is -2.38. The van der Waals surface area contributed by atoms with E-state index < -0.39 is 5.54 Å². The van der Waals surface area contributed by atoms with Crippen LogP contribution in [0.3, 0.4) is 0 Å². The average molecular weight is 257 g/mol. The van der Waals surface area contributed by atoms with Gasteiger partial charge in [-0.1, -0.05) is 25.1 Å². The molecule has 1 aliphatic heterocycles. The van der Waals surface area contributed by atoms with Crippen LogP contribution < -0.4 is 10.6 Å². The zero-order chi connectivity index (χ0) is 13.9. The molecule has 0 aliphatic carbocycles. The Kier molecular flexibility index (Phi) is 4.11. The topological polar surface area (TPSA) is 53.0 Å². The van der Waals surface area contributed by atoms with E-state index in [1.807, 2.05) is 0 Å². The fourth-order valence-corrected chi connectivity index (χ4v) is 2.81. The van der Waals surface area contributed by atoms with Gasteiger partial charge in [0.1, 0.15) is 5.54 Å². The van der Waals surface area contributed by atoms with Crippen LogP contribution in [0.2, 0.25) is 0 Å². The molecular weight excluding hydrogens is 234 g/mol. The van der Waals surface area contributed by atoms with Crippen molar-refractivity contribution < 1.29 is 0 Å². The molecule has 2 rings (SSSR count). The number of rotatable bonds is 4. The molecule has 0 fully saturated rings. The average Bonchev–Trinajstić information content (AvgIpc) is 2.38. The number of para-hydroxylation sites is 1. The Hall–Kier alpha value is -1.53. The Labute approximate surface area is 116 Å². The molecular formula is C16H23N3. The number of anilines is 1. The summed E-state index contributed by atoms with van der Waals surface area (Å²) in [6.07, 6.45) is 2.87. The van der Waals surface area contributed by atoms with Crippen LogP contribution in [0.25, 0.3) is 0 Å². The molecule has 0 saturated heterocycles. The van der Waals surface area contributed by atoms with Crippen LogP contribution in [0.15, 0.2) is 24.3 Å². The van der Waals surface area contributed by atoms with Crippen molar-refractivity contribution in [3.63, 3.8) is 0 Å². The highest BCUT2D eigenvalue weighted by atomic mass is 15.1. The van der Waals surface area contributed by atoms with Gasteiger partial charge in [0.05, 0.1) is 6.07 Å². The van der Waals surface area contributed by atoms with Gasteiger partial charge in [0.25, 0.3) is 0 Å². The highest BCUT2D eigenvalue weighted by molar-refractivity contribution is 5.55. The Balaban J connectivity index is 2.00. The van der Waals surface area contributed by atoms with E-state index in [4.69, 9.17) is 11.0 Å². The van der Waals surface area contributed by atoms with Gasteiger partial charge in [0.15, 0.2) is 0 Å². The molecule has 1 aromatic carbocycles. The molecule has 1 aromatic rings. The SMILES string of the molecule is CC1Cc2ccccc2N(CCCC(C)(N)C#N)C1. The van der Waals surface area contributed by atoms with Crippen LogP contribution in [0.1, 0.15) is 32.3 Å². The summed E-state index contributed by atoms with van der Waals surface area (Å²) in [5.74, 6) is 0.690. The molecule has 0 amide bonds. The minimum absolute atomic E-state index is 0.690. The first-order valence-electron chi connectivity index (χ1n) is 7.05. The Morgan fingerprint density at radius 2 is 2.21 bits per heavy atom. The van der Waals surface area contributed by atoms with Gasteiger partial charge in [-0.2, -0.15) is 5.26 Å². The zero-order valence-electron chi connectivity index (χ0n) is 11.9. The highest BCUT2D eigenvalue weighted by Crippen LogP contribution is 2.29. The van der Waals surface area contributed by atoms with Crippen molar-refractivity contribution in [3.05, 3.63) is 29.8 Å². The molecule has 0 aromatic heterocycles. The largest absolute Gasteiger partial charge is 0.371 e. The van der Waals surface area contributed by atoms with E-state index in [9.17, 15) is 0 Å². The van der Waals surface area contributed by atoms with Crippen molar-refractivity contribution >= 4 is 5.69 Å². The van der Waals surface area contributed by atoms with E-state index in [0.717, 1.165) is 25.9 Å². The normalized spacial score (nSPS) is 21.4. The first-order valence-corrected chi connectivity index (χ1v) is 7.05. The summed E-state index contributed by atoms with van der Waals surface area (Å²) in [4.78, 5) is 2.44. The van der Waals surface area contributed by atoms with Crippen molar-refractivity contribution in [1.29, 1.82) is 5.26 Å². The maximum atomic E-state index is 8.94. The third-order valence-corrected chi connectivity index (χ3v) is 3.81. The van der Waals surface area contributed by atoms with E-state index >= 15 is 0 Å². The molecule has 1 aliphatic rings. The van der Waals surface area contributed by atoms with Gasteiger partial charge in [-0.3, -0.25) is 0 Å². The fraction of sp³-hybridized carbons (Fsp3) is 0.562. The molecule has 3 heteroatoms. The van der Waals surface area contributed by atoms with Crippen LogP contribution in [-0.4, -0.2) is 18.6 Å². The Morgan fingerprint density at radius 3 is 2.95 bits per heavy atom. The number of nitriles is 1. The molecule has 2 atom stereocenters. The number of benzene rings is 1. The number of nitrogens with two attached hydrogens (primary N) is 1. The maximum Gasteiger partial charge on any atom is 0.101 e. The molecule has 0 radical (unpaired) electrons. The van der Waals surface area contributed by atoms with Crippen LogP contribution in [-0.2, 0) is 6.42 Å². The summed E-state index contributed by atoms with van der Waals surface area (Å²) < 4.78 is 0. The van der Waals surface area contributed by atoms with Crippen molar-refractivity contribution in [2.45, 2.75) is 38.6 Å². The van der Waals surface area contributed by atoms with Crippen LogP contribution in [0, 0.1) is 17.2 Å². The lowest BCUT2D eigenvalue weighted by molar-refractivity contribution is 0.488. The lowest BCUT2D eigenvalue weighted by atomic mass is 9.93. The van der Waals surface area contributed by atoms with Crippen molar-refractivity contribution in [2.24, 2.45) is 11.7 Å². The second kappa shape index (κ2) is 5.63. The van der Waals surface area contributed by atoms with Crippen LogP contribution in [0.4, 0.5) is 5.69 Å². The number of fused-ring (bicyclic) bond motifs is 1. The molecule has 0 saturated carbocycles. The molecule has 2 unspecified atom stereocenters. The maximum absolute atomic E-state index is 8.94. The molecule has 0 bridgehead atoms. The predicted molar refractivity (Wildman–Crippen MR) is 79.0 cm³/mol. The van der Waals surface area contributed by atoms with E-state index in [-0.39, 0.29) is 0 Å². The minimum Gasteiger partial charge on any atom is -0.371 e. The van der Waals surface area contributed by atoms with Crippen LogP contribution in [0.5, 0.6) is 0 Å². The quantitative estimate of drug-likeness (QED) is 0.902. The lowest BCUT2D eigenvalue weighted by Gasteiger charge is -2.35. The molecule has 19 heavy (non-hydrogen) atoms. The zero-order valence-corrected chi connectivity index (χ0v) is 11.9. The standard InChI is InChI=1S/C16H23N3/c1-13-10-14-6-3-4-7-15(14)19(11-13)9-5-8-16(2,18)12-17/h3-4,6-7,13H,5,8-11,18H2,1-2H3. The summed E-state index contributed by atoms with van der Waals surface area (Å²) in [6.45, 7) is 6.19. The van der Waals surface area contributed by atoms with Crippen molar-refractivity contribution in [2.75, 3.05) is 18.0 Å². The van der Waals surface area contributed by atoms with Gasteiger partial charge in [-0.05, 0) is 43.7 Å². The molecule has 2 N–H and O–H groups in total. The van der Waals surface area contributed by atoms with E-state index in [2.05, 4.69) is 42.2 Å². The van der Waals surface area contributed by atoms with E-state index in [0.29, 0.717) is 5.92 Å². The fourth-order valence-electron chi connectivity index (χ4n) is 2.81. The van der Waals surface area contributed by atoms with E-state index in [1.165, 1.54) is 17.7 Å². The second-order valence-corrected chi connectivity index (χ2v) is 6.02. The smallest absolute Gasteiger partial charge is 0.101 e. The summed E-state index contributed by atoms with van der Waals surface area (Å²) in [5, 5.41) is 8.94. The van der Waals surface area contributed by atoms with E-state index in [1.54, 1.807) is 6.92 Å². The monoisotopic (exact) mass is 257 g/mol. The first kappa shape index (κ1) is 13.9. The summed E-state index contributed by atoms with van der Waals surface area (Å²) >= 11 is 0. The number of hydrogen-bond donors (Lipinski definition) is 1. The van der Waals surface area contributed by atoms with Gasteiger partial charge < -0.3 is 10.6 Å². The highest BCUT2D eigenvalue weighted by Gasteiger charge is 2.22. The molecule has 102 valence electrons. The number of nitrogens with zero attached hydrogens (tertiary/aromatic N) is 2. The second-order valence-electron chi connectivity index (χ2n) is 6.02. The van der Waals surface area contributed by atoms with Gasteiger partial charge >= 0.3 is 0 Å². The summed E-state index contributed by atoms with van der Waals surface area (Å²) in [5.41, 5.74) is 7.98. The number of hydrogen-bond acceptors (Lipinski definition) is 3. The summed E-state index contributed by atoms with van der Waals surface area (Å²) in [7, 11) is 0. The van der Waals surface area contributed by atoms with Gasteiger partial charge in [0, 0.05) is 18.8 Å². The Morgan fingerprint density at radius 1 is 1.47 bits per heavy atom. The Bertz CT molecular complexity index is 473. The molecule has 1 heterocycles. The minimum atomic E-state index is -0.694. The first-order chi connectivity index (χ1) is 9.02.